The molecule has 2 fully saturated rings. The van der Waals surface area contributed by atoms with Gasteiger partial charge in [-0.3, -0.25) is 14.9 Å². The lowest BCUT2D eigenvalue weighted by molar-refractivity contribution is -0.148. The molecule has 1 saturated heterocycles. The first-order valence-electron chi connectivity index (χ1n) is 13.2. The first-order valence-corrected chi connectivity index (χ1v) is 14.0. The van der Waals surface area contributed by atoms with Gasteiger partial charge >= 0.3 is 0 Å². The summed E-state index contributed by atoms with van der Waals surface area (Å²) in [6.07, 6.45) is 2.02. The molecule has 0 bridgehead atoms. The fourth-order valence-electron chi connectivity index (χ4n) is 6.77. The van der Waals surface area contributed by atoms with Crippen molar-refractivity contribution in [2.24, 2.45) is 23.2 Å². The quantitative estimate of drug-likeness (QED) is 0.611. The van der Waals surface area contributed by atoms with E-state index in [1.165, 1.54) is 16.2 Å². The minimum absolute atomic E-state index is 0.00549. The summed E-state index contributed by atoms with van der Waals surface area (Å²) in [6.45, 7) is 8.77. The number of morpholine rings is 1. The van der Waals surface area contributed by atoms with Gasteiger partial charge in [0, 0.05) is 35.4 Å². The number of nitrogens with one attached hydrogen (secondary N) is 1. The zero-order valence-electron chi connectivity index (χ0n) is 22.0. The highest BCUT2D eigenvalue weighted by Gasteiger charge is 2.54. The number of hydrogen-bond acceptors (Lipinski definition) is 7. The number of amides is 2. The Hall–Kier alpha value is -2.49. The molecule has 1 saturated carbocycles. The summed E-state index contributed by atoms with van der Waals surface area (Å²) in [4.78, 5) is 33.9. The van der Waals surface area contributed by atoms with Gasteiger partial charge in [-0.25, -0.2) is 4.98 Å². The Bertz CT molecular complexity index is 1150. The number of aromatic nitrogens is 1. The number of benzene rings is 1. The molecule has 9 heteroatoms. The lowest BCUT2D eigenvalue weighted by Gasteiger charge is -2.53. The Labute approximate surface area is 222 Å². The first-order chi connectivity index (χ1) is 17.7. The van der Waals surface area contributed by atoms with Gasteiger partial charge in [0.15, 0.2) is 5.13 Å². The highest BCUT2D eigenvalue weighted by molar-refractivity contribution is 7.15. The lowest BCUT2D eigenvalue weighted by Crippen LogP contribution is -2.54. The highest BCUT2D eigenvalue weighted by Crippen LogP contribution is 2.57. The molecule has 2 aliphatic carbocycles. The van der Waals surface area contributed by atoms with Crippen LogP contribution in [0.5, 0.6) is 5.75 Å². The molecule has 1 aromatic carbocycles. The monoisotopic (exact) mass is 527 g/mol. The summed E-state index contributed by atoms with van der Waals surface area (Å²) in [7, 11) is 1.59. The highest BCUT2D eigenvalue weighted by atomic mass is 32.1. The third kappa shape index (κ3) is 4.89. The number of ether oxygens (including phenoxy) is 2. The molecular formula is C28H37N3O5S. The van der Waals surface area contributed by atoms with Crippen LogP contribution in [0.15, 0.2) is 24.3 Å². The minimum Gasteiger partial charge on any atom is -0.497 e. The van der Waals surface area contributed by atoms with Crippen LogP contribution in [0.1, 0.15) is 60.5 Å². The van der Waals surface area contributed by atoms with Crippen molar-refractivity contribution in [1.29, 1.82) is 0 Å². The van der Waals surface area contributed by atoms with Crippen LogP contribution in [0.3, 0.4) is 0 Å². The van der Waals surface area contributed by atoms with E-state index < -0.39 is 6.10 Å². The largest absolute Gasteiger partial charge is 0.497 e. The number of carbonyl (C=O) groups is 2. The van der Waals surface area contributed by atoms with Crippen molar-refractivity contribution in [2.75, 3.05) is 38.7 Å². The second-order valence-corrected chi connectivity index (χ2v) is 12.2. The van der Waals surface area contributed by atoms with Crippen LogP contribution in [0.25, 0.3) is 0 Å². The van der Waals surface area contributed by atoms with Crippen molar-refractivity contribution >= 4 is 28.3 Å². The normalized spacial score (nSPS) is 30.1. The molecule has 6 atom stereocenters. The summed E-state index contributed by atoms with van der Waals surface area (Å²) in [5, 5.41) is 15.2. The van der Waals surface area contributed by atoms with Crippen molar-refractivity contribution in [3.63, 3.8) is 0 Å². The Morgan fingerprint density at radius 2 is 1.97 bits per heavy atom. The van der Waals surface area contributed by atoms with E-state index >= 15 is 0 Å². The summed E-state index contributed by atoms with van der Waals surface area (Å²) < 4.78 is 10.6. The van der Waals surface area contributed by atoms with Crippen molar-refractivity contribution in [3.05, 3.63) is 40.4 Å². The first kappa shape index (κ1) is 26.1. The predicted octanol–water partition coefficient (Wildman–Crippen LogP) is 3.95. The number of aliphatic hydroxyl groups excluding tert-OH is 1. The Kier molecular flexibility index (Phi) is 7.31. The Balaban J connectivity index is 1.32. The third-order valence-electron chi connectivity index (χ3n) is 8.85. The molecule has 2 amide bonds. The number of nitrogens with zero attached hydrogens (tertiary/aromatic N) is 2. The van der Waals surface area contributed by atoms with Crippen LogP contribution < -0.4 is 10.1 Å². The maximum atomic E-state index is 13.2. The molecule has 200 valence electrons. The van der Waals surface area contributed by atoms with Crippen LogP contribution in [-0.4, -0.2) is 66.3 Å². The maximum Gasteiger partial charge on any atom is 0.257 e. The summed E-state index contributed by atoms with van der Waals surface area (Å²) in [6, 6.07) is 6.99. The zero-order chi connectivity index (χ0) is 26.3. The van der Waals surface area contributed by atoms with E-state index in [9.17, 15) is 14.7 Å². The second-order valence-electron chi connectivity index (χ2n) is 11.1. The van der Waals surface area contributed by atoms with Gasteiger partial charge in [0.1, 0.15) is 5.75 Å². The van der Waals surface area contributed by atoms with E-state index in [0.29, 0.717) is 42.7 Å². The average Bonchev–Trinajstić information content (AvgIpc) is 3.30. The van der Waals surface area contributed by atoms with E-state index in [1.807, 2.05) is 11.8 Å². The van der Waals surface area contributed by atoms with Gasteiger partial charge in [-0.05, 0) is 60.8 Å². The molecule has 8 nitrogen and oxygen atoms in total. The Morgan fingerprint density at radius 3 is 2.65 bits per heavy atom. The van der Waals surface area contributed by atoms with Crippen LogP contribution in [-0.2, 0) is 16.0 Å². The second kappa shape index (κ2) is 10.3. The number of fused-ring (bicyclic) bond motifs is 2. The van der Waals surface area contributed by atoms with Gasteiger partial charge in [-0.15, -0.1) is 11.3 Å². The molecule has 5 unspecified atom stereocenters. The van der Waals surface area contributed by atoms with Crippen LogP contribution in [0.4, 0.5) is 5.13 Å². The van der Waals surface area contributed by atoms with Crippen molar-refractivity contribution in [2.45, 2.75) is 52.1 Å². The van der Waals surface area contributed by atoms with Gasteiger partial charge in [-0.2, -0.15) is 0 Å². The molecule has 2 heterocycles. The van der Waals surface area contributed by atoms with Gasteiger partial charge in [0.25, 0.3) is 5.91 Å². The molecule has 2 aromatic rings. The van der Waals surface area contributed by atoms with E-state index in [4.69, 9.17) is 14.5 Å². The number of carbonyl (C=O) groups excluding carboxylic acids is 2. The minimum atomic E-state index is -0.582. The standard InChI is InChI=1S/C28H37N3O5S/c1-16(26(34)31-11-13-36-14-12-31)20-9-10-28(3)15-21-23(17(2)22(28)24(20)32)29-27(37-21)30-25(33)18-5-7-19(35-4)8-6-18/h5-8,16-17,20,22,24,32H,9-15H2,1-4H3,(H,29,30,33)/t16?,17?,20?,22?,24?,28-/m0/s1. The fourth-order valence-corrected chi connectivity index (χ4v) is 8.03. The molecule has 5 rings (SSSR count). The molecule has 0 radical (unpaired) electrons. The van der Waals surface area contributed by atoms with E-state index in [0.717, 1.165) is 25.0 Å². The third-order valence-corrected chi connectivity index (χ3v) is 9.84. The van der Waals surface area contributed by atoms with Crippen molar-refractivity contribution in [1.82, 2.24) is 9.88 Å². The topological polar surface area (TPSA) is 101 Å². The van der Waals surface area contributed by atoms with Crippen molar-refractivity contribution < 1.29 is 24.2 Å². The predicted molar refractivity (Wildman–Crippen MR) is 142 cm³/mol. The van der Waals surface area contributed by atoms with Gasteiger partial charge in [-0.1, -0.05) is 20.8 Å². The van der Waals surface area contributed by atoms with E-state index in [1.54, 1.807) is 31.4 Å². The summed E-state index contributed by atoms with van der Waals surface area (Å²) >= 11 is 1.53. The number of aliphatic hydroxyl groups is 1. The zero-order valence-corrected chi connectivity index (χ0v) is 22.8. The van der Waals surface area contributed by atoms with Gasteiger partial charge < -0.3 is 19.5 Å². The molecule has 2 N–H and O–H groups in total. The molecule has 0 spiro atoms. The number of thiazole rings is 1. The Morgan fingerprint density at radius 1 is 1.27 bits per heavy atom. The lowest BCUT2D eigenvalue weighted by atomic mass is 9.53. The van der Waals surface area contributed by atoms with Crippen LogP contribution >= 0.6 is 11.3 Å². The summed E-state index contributed by atoms with van der Waals surface area (Å²) in [5.41, 5.74) is 1.43. The van der Waals surface area contributed by atoms with E-state index in [-0.39, 0.29) is 40.9 Å². The number of hydrogen-bond donors (Lipinski definition) is 2. The average molecular weight is 528 g/mol. The van der Waals surface area contributed by atoms with Crippen LogP contribution in [0, 0.1) is 23.2 Å². The molecule has 37 heavy (non-hydrogen) atoms. The number of anilines is 1. The van der Waals surface area contributed by atoms with Crippen molar-refractivity contribution in [3.8, 4) is 5.75 Å². The molecule has 1 aliphatic heterocycles. The number of rotatable bonds is 5. The smallest absolute Gasteiger partial charge is 0.257 e. The molecule has 3 aliphatic rings. The van der Waals surface area contributed by atoms with E-state index in [2.05, 4.69) is 19.2 Å². The summed E-state index contributed by atoms with van der Waals surface area (Å²) in [5.74, 6) is 0.332. The fraction of sp³-hybridized carbons (Fsp3) is 0.607. The van der Waals surface area contributed by atoms with Gasteiger partial charge in [0.05, 0.1) is 32.1 Å². The van der Waals surface area contributed by atoms with Gasteiger partial charge in [0.2, 0.25) is 5.91 Å². The molecule has 1 aromatic heterocycles. The maximum absolute atomic E-state index is 13.2. The molecular weight excluding hydrogens is 490 g/mol. The number of methoxy groups -OCH3 is 1. The van der Waals surface area contributed by atoms with Crippen LogP contribution in [0.2, 0.25) is 0 Å². The SMILES string of the molecule is COc1ccc(C(=O)Nc2nc3c(s2)C[C@]2(C)CCC(C(C)C(=O)N4CCOCC4)C(O)C2C3C)cc1.